The van der Waals surface area contributed by atoms with E-state index >= 15 is 0 Å². The quantitative estimate of drug-likeness (QED) is 0.195. The van der Waals surface area contributed by atoms with Gasteiger partial charge in [-0.2, -0.15) is 0 Å². The van der Waals surface area contributed by atoms with Crippen LogP contribution < -0.4 is 11.1 Å². The zero-order valence-corrected chi connectivity index (χ0v) is 29.0. The van der Waals surface area contributed by atoms with E-state index < -0.39 is 22.3 Å². The van der Waals surface area contributed by atoms with Gasteiger partial charge in [0.2, 0.25) is 5.91 Å². The number of ether oxygens (including phenoxy) is 1. The third-order valence-corrected chi connectivity index (χ3v) is 11.7. The Balaban J connectivity index is 1.44. The molecule has 0 aliphatic heterocycles. The monoisotopic (exact) mass is 646 g/mol. The minimum atomic E-state index is -1.67. The van der Waals surface area contributed by atoms with Gasteiger partial charge in [0.25, 0.3) is 0 Å². The number of allylic oxidation sites excluding steroid dienone is 2. The van der Waals surface area contributed by atoms with Crippen LogP contribution in [0.4, 0.5) is 5.69 Å². The third-order valence-electron chi connectivity index (χ3n) is 11.7. The van der Waals surface area contributed by atoms with Crippen LogP contribution in [0.25, 0.3) is 11.1 Å². The van der Waals surface area contributed by atoms with Crippen molar-refractivity contribution in [2.75, 3.05) is 11.9 Å². The van der Waals surface area contributed by atoms with Crippen molar-refractivity contribution in [1.29, 1.82) is 0 Å². The summed E-state index contributed by atoms with van der Waals surface area (Å²) in [7, 11) is 0. The molecule has 6 rings (SSSR count). The number of primary amides is 1. The van der Waals surface area contributed by atoms with Crippen molar-refractivity contribution in [2.24, 2.45) is 22.5 Å². The van der Waals surface area contributed by atoms with Crippen molar-refractivity contribution in [3.8, 4) is 16.9 Å². The molecule has 3 aliphatic rings. The largest absolute Gasteiger partial charge is 0.507 e. The van der Waals surface area contributed by atoms with Crippen LogP contribution in [0.5, 0.6) is 5.75 Å². The van der Waals surface area contributed by atoms with Gasteiger partial charge in [0.05, 0.1) is 5.56 Å². The smallest absolute Gasteiger partial charge is 0.249 e. The Morgan fingerprint density at radius 3 is 2.35 bits per heavy atom. The number of phenols is 1. The molecule has 5 atom stereocenters. The summed E-state index contributed by atoms with van der Waals surface area (Å²) < 4.78 is 6.01. The molecule has 0 saturated heterocycles. The standard InChI is InChI=1S/C41H46N2O5/c1-9-48-38(43-29-13-11-10-12-14-29)28-17-15-27(16-18-28)30-19-22(2)31-20-39(7)21-40(8)24(4)23(3)32(37(42)46)25(5)41(40,47)26(6)34(39)36(45)33(31)35(30)44/h10-19,24,38,43-44,47H,5,9,20-21H2,1-4,6-8H3,(H2,42,46)/t24?,38?,39-,40-,41+/m0/s1. The normalized spacial score (nSPS) is 27.3. The molecule has 7 heteroatoms. The molecule has 0 radical (unpaired) electrons. The summed E-state index contributed by atoms with van der Waals surface area (Å²) in [6, 6.07) is 19.6. The average Bonchev–Trinajstić information content (AvgIpc) is 3.04. The molecule has 3 aromatic carbocycles. The molecular weight excluding hydrogens is 600 g/mol. The number of aliphatic hydroxyl groups is 1. The van der Waals surface area contributed by atoms with Crippen LogP contribution in [0.3, 0.4) is 0 Å². The fourth-order valence-electron chi connectivity index (χ4n) is 9.14. The van der Waals surface area contributed by atoms with Crippen LogP contribution in [0.2, 0.25) is 0 Å². The Bertz CT molecular complexity index is 1920. The van der Waals surface area contributed by atoms with Crippen LogP contribution in [0.15, 0.2) is 95.1 Å². The van der Waals surface area contributed by atoms with Crippen molar-refractivity contribution in [1.82, 2.24) is 0 Å². The van der Waals surface area contributed by atoms with Gasteiger partial charge in [0, 0.05) is 45.4 Å². The number of anilines is 1. The number of rotatable bonds is 7. The van der Waals surface area contributed by atoms with E-state index in [1.807, 2.05) is 95.3 Å². The SMILES string of the molecule is C=C1C(C(N)=O)=C(C)C(C)[C@]2(C)C[C@]3(C)Cc4c(C)cc(-c5ccc(C(Nc6ccccc6)OCC)cc5)c(O)c4C(=O)C3=C(C)[C@]12O. The highest BCUT2D eigenvalue weighted by molar-refractivity contribution is 6.15. The minimum Gasteiger partial charge on any atom is -0.507 e. The average molecular weight is 647 g/mol. The Hall–Kier alpha value is -4.46. The van der Waals surface area contributed by atoms with Gasteiger partial charge in [-0.05, 0) is 92.5 Å². The fourth-order valence-corrected chi connectivity index (χ4v) is 9.14. The molecule has 0 bridgehead atoms. The maximum Gasteiger partial charge on any atom is 0.249 e. The zero-order valence-electron chi connectivity index (χ0n) is 29.0. The van der Waals surface area contributed by atoms with Gasteiger partial charge < -0.3 is 26.0 Å². The van der Waals surface area contributed by atoms with Crippen molar-refractivity contribution in [3.63, 3.8) is 0 Å². The highest BCUT2D eigenvalue weighted by Gasteiger charge is 2.65. The molecule has 0 heterocycles. The number of amides is 1. The number of hydrogen-bond acceptors (Lipinski definition) is 6. The van der Waals surface area contributed by atoms with Crippen molar-refractivity contribution < 1.29 is 24.5 Å². The van der Waals surface area contributed by atoms with Crippen LogP contribution in [0, 0.1) is 23.7 Å². The van der Waals surface area contributed by atoms with E-state index in [1.54, 1.807) is 6.92 Å². The minimum absolute atomic E-state index is 0.0794. The predicted molar refractivity (Wildman–Crippen MR) is 189 cm³/mol. The van der Waals surface area contributed by atoms with E-state index in [1.165, 1.54) is 0 Å². The number of fused-ring (bicyclic) bond motifs is 3. The van der Waals surface area contributed by atoms with Gasteiger partial charge in [0.1, 0.15) is 11.4 Å². The van der Waals surface area contributed by atoms with E-state index in [2.05, 4.69) is 18.8 Å². The van der Waals surface area contributed by atoms with Gasteiger partial charge in [0.15, 0.2) is 12.0 Å². The Morgan fingerprint density at radius 2 is 1.75 bits per heavy atom. The molecule has 1 amide bonds. The summed E-state index contributed by atoms with van der Waals surface area (Å²) in [5, 5.41) is 27.9. The van der Waals surface area contributed by atoms with Crippen LogP contribution >= 0.6 is 0 Å². The molecular formula is C41H46N2O5. The van der Waals surface area contributed by atoms with E-state index in [0.717, 1.165) is 33.5 Å². The van der Waals surface area contributed by atoms with E-state index in [0.29, 0.717) is 36.2 Å². The number of Topliss-reactive ketones (excluding diaryl/α,β-unsaturated/α-hetero) is 1. The predicted octanol–water partition coefficient (Wildman–Crippen LogP) is 7.73. The third kappa shape index (κ3) is 4.70. The number of benzene rings is 3. The lowest BCUT2D eigenvalue weighted by Crippen LogP contribution is -2.62. The van der Waals surface area contributed by atoms with Gasteiger partial charge in [-0.15, -0.1) is 0 Å². The van der Waals surface area contributed by atoms with Crippen LogP contribution in [-0.2, 0) is 16.0 Å². The lowest BCUT2D eigenvalue weighted by molar-refractivity contribution is -0.116. The number of aromatic hydroxyl groups is 1. The molecule has 48 heavy (non-hydrogen) atoms. The molecule has 0 saturated carbocycles. The summed E-state index contributed by atoms with van der Waals surface area (Å²) in [6.45, 7) is 18.4. The second kappa shape index (κ2) is 11.6. The molecule has 3 aromatic rings. The number of phenolic OH excluding ortho intramolecular Hbond substituents is 1. The molecule has 250 valence electrons. The van der Waals surface area contributed by atoms with E-state index in [4.69, 9.17) is 10.5 Å². The first-order chi connectivity index (χ1) is 22.6. The van der Waals surface area contributed by atoms with Crippen molar-refractivity contribution in [2.45, 2.75) is 73.1 Å². The first kappa shape index (κ1) is 33.4. The van der Waals surface area contributed by atoms with Gasteiger partial charge in [-0.1, -0.05) is 75.4 Å². The van der Waals surface area contributed by atoms with Crippen LogP contribution in [0.1, 0.15) is 81.2 Å². The summed E-state index contributed by atoms with van der Waals surface area (Å²) in [5.41, 5.74) is 10.2. The second-order valence-corrected chi connectivity index (χ2v) is 14.4. The lowest BCUT2D eigenvalue weighted by atomic mass is 9.43. The van der Waals surface area contributed by atoms with Gasteiger partial charge >= 0.3 is 0 Å². The van der Waals surface area contributed by atoms with Gasteiger partial charge in [-0.25, -0.2) is 0 Å². The van der Waals surface area contributed by atoms with Crippen molar-refractivity contribution >= 4 is 17.4 Å². The number of carbonyl (C=O) groups is 2. The molecule has 3 aliphatic carbocycles. The summed E-state index contributed by atoms with van der Waals surface area (Å²) in [5.74, 6) is -1.23. The fraction of sp³-hybridized carbons (Fsp3) is 0.366. The Morgan fingerprint density at radius 1 is 1.10 bits per heavy atom. The molecule has 7 nitrogen and oxygen atoms in total. The first-order valence-electron chi connectivity index (χ1n) is 16.7. The maximum absolute atomic E-state index is 14.7. The zero-order chi connectivity index (χ0) is 34.9. The molecule has 5 N–H and O–H groups in total. The topological polar surface area (TPSA) is 122 Å². The number of aryl methyl sites for hydroxylation is 1. The number of nitrogens with two attached hydrogens (primary N) is 1. The molecule has 0 fully saturated rings. The number of carbonyl (C=O) groups excluding carboxylic acids is 2. The van der Waals surface area contributed by atoms with Gasteiger partial charge in [-0.3, -0.25) is 9.59 Å². The van der Waals surface area contributed by atoms with Crippen LogP contribution in [-0.4, -0.2) is 34.1 Å². The summed E-state index contributed by atoms with van der Waals surface area (Å²) in [4.78, 5) is 27.3. The highest BCUT2D eigenvalue weighted by Crippen LogP contribution is 2.66. The lowest BCUT2D eigenvalue weighted by Gasteiger charge is -2.62. The number of hydrogen-bond donors (Lipinski definition) is 4. The number of nitrogens with one attached hydrogen (secondary N) is 1. The number of para-hydroxylation sites is 1. The van der Waals surface area contributed by atoms with E-state index in [-0.39, 0.29) is 40.4 Å². The maximum atomic E-state index is 14.7. The van der Waals surface area contributed by atoms with Crippen molar-refractivity contribution in [3.05, 3.63) is 117 Å². The number of ketones is 1. The first-order valence-corrected chi connectivity index (χ1v) is 16.7. The molecule has 0 spiro atoms. The summed E-state index contributed by atoms with van der Waals surface area (Å²) >= 11 is 0. The Kier molecular flexibility index (Phi) is 8.08. The molecule has 0 aromatic heterocycles. The van der Waals surface area contributed by atoms with E-state index in [9.17, 15) is 19.8 Å². The second-order valence-electron chi connectivity index (χ2n) is 14.4. The summed E-state index contributed by atoms with van der Waals surface area (Å²) in [6.07, 6.45) is 0.643. The Labute approximate surface area is 283 Å². The highest BCUT2D eigenvalue weighted by atomic mass is 16.5. The molecule has 2 unspecified atom stereocenters.